The lowest BCUT2D eigenvalue weighted by Gasteiger charge is -2.14. The Labute approximate surface area is 425 Å². The smallest absolute Gasteiger partial charge is 0.143 e. The molecule has 0 saturated heterocycles. The van der Waals surface area contributed by atoms with Crippen LogP contribution in [0.1, 0.15) is 0 Å². The van der Waals surface area contributed by atoms with E-state index in [-0.39, 0.29) is 0 Å². The lowest BCUT2D eigenvalue weighted by molar-refractivity contribution is 0.669. The number of furan rings is 2. The van der Waals surface area contributed by atoms with Crippen LogP contribution in [0.5, 0.6) is 0 Å². The van der Waals surface area contributed by atoms with Crippen molar-refractivity contribution >= 4 is 109 Å². The van der Waals surface area contributed by atoms with Crippen molar-refractivity contribution in [2.45, 2.75) is 0 Å². The van der Waals surface area contributed by atoms with E-state index >= 15 is 0 Å². The molecule has 0 aliphatic rings. The van der Waals surface area contributed by atoms with Crippen LogP contribution in [0, 0.1) is 0 Å². The molecule has 0 N–H and O–H groups in total. The molecular weight excluding hydrogens is 897 g/mol. The standard InChI is InChI=1S/C72H42O2/c1-2-16-51(49(15-1)45-32-35-61-57-22-6-4-18-53(57)55-20-8-10-24-59(55)67(61)42-45)63-27-14-29-65-68-41-44(33-36-70(68)74-72(63)65)47-37-46(38-48(39-47)50-26-13-28-64-62-25-11-12-30-69(62)73-71(50)64)43-31-34-60-56-21-5-3-17-52(56)54-19-7-9-23-58(54)66(60)40-43/h1-42H. The molecule has 74 heavy (non-hydrogen) atoms. The largest absolute Gasteiger partial charge is 0.455 e. The summed E-state index contributed by atoms with van der Waals surface area (Å²) < 4.78 is 13.6. The molecule has 0 radical (unpaired) electrons. The first-order valence-electron chi connectivity index (χ1n) is 25.5. The maximum absolute atomic E-state index is 6.95. The Morgan fingerprint density at radius 2 is 0.514 bits per heavy atom. The van der Waals surface area contributed by atoms with Gasteiger partial charge in [-0.15, -0.1) is 0 Å². The van der Waals surface area contributed by atoms with Crippen LogP contribution in [0.4, 0.5) is 0 Å². The van der Waals surface area contributed by atoms with Gasteiger partial charge in [0, 0.05) is 32.7 Å². The summed E-state index contributed by atoms with van der Waals surface area (Å²) in [5.41, 5.74) is 14.7. The second-order valence-electron chi connectivity index (χ2n) is 19.8. The van der Waals surface area contributed by atoms with E-state index in [1.54, 1.807) is 0 Å². The SMILES string of the molecule is c1ccc(-c2cccc3c2oc2ccc(-c4cc(-c5ccc6c7ccccc7c7ccccc7c6c5)cc(-c5cccc6c5oc5ccccc56)c4)cc23)c(-c2ccc3c4ccccc4c4ccccc4c3c2)c1. The van der Waals surface area contributed by atoms with Crippen LogP contribution in [-0.4, -0.2) is 0 Å². The second-order valence-corrected chi connectivity index (χ2v) is 19.8. The van der Waals surface area contributed by atoms with Gasteiger partial charge in [-0.05, 0) is 158 Å². The number of hydrogen-bond acceptors (Lipinski definition) is 2. The zero-order chi connectivity index (χ0) is 48.4. The first-order chi connectivity index (χ1) is 36.7. The third kappa shape index (κ3) is 6.12. The molecular formula is C72H42O2. The zero-order valence-corrected chi connectivity index (χ0v) is 40.1. The predicted molar refractivity (Wildman–Crippen MR) is 313 cm³/mol. The van der Waals surface area contributed by atoms with Crippen molar-refractivity contribution in [1.29, 1.82) is 0 Å². The summed E-state index contributed by atoms with van der Waals surface area (Å²) in [6, 6.07) is 93.1. The Morgan fingerprint density at radius 1 is 0.162 bits per heavy atom. The van der Waals surface area contributed by atoms with Gasteiger partial charge in [0.1, 0.15) is 22.3 Å². The minimum absolute atomic E-state index is 0.856. The summed E-state index contributed by atoms with van der Waals surface area (Å²) in [6.45, 7) is 0. The Bertz CT molecular complexity index is 4960. The van der Waals surface area contributed by atoms with Gasteiger partial charge in [-0.2, -0.15) is 0 Å². The van der Waals surface area contributed by atoms with Gasteiger partial charge in [-0.25, -0.2) is 0 Å². The molecule has 0 bridgehead atoms. The third-order valence-electron chi connectivity index (χ3n) is 15.8. The maximum atomic E-state index is 6.95. The molecule has 2 nitrogen and oxygen atoms in total. The predicted octanol–water partition coefficient (Wildman–Crippen LogP) is 20.7. The number of hydrogen-bond donors (Lipinski definition) is 0. The summed E-state index contributed by atoms with van der Waals surface area (Å²) in [5, 5.41) is 19.6. The minimum Gasteiger partial charge on any atom is -0.455 e. The van der Waals surface area contributed by atoms with Crippen molar-refractivity contribution in [3.63, 3.8) is 0 Å². The molecule has 2 heteroatoms. The normalized spacial score (nSPS) is 12.1. The van der Waals surface area contributed by atoms with E-state index in [0.29, 0.717) is 0 Å². The van der Waals surface area contributed by atoms with E-state index in [9.17, 15) is 0 Å². The van der Waals surface area contributed by atoms with Crippen molar-refractivity contribution in [2.75, 3.05) is 0 Å². The molecule has 16 rings (SSSR count). The third-order valence-corrected chi connectivity index (χ3v) is 15.8. The second kappa shape index (κ2) is 15.9. The quantitative estimate of drug-likeness (QED) is 0.161. The van der Waals surface area contributed by atoms with Gasteiger partial charge >= 0.3 is 0 Å². The van der Waals surface area contributed by atoms with Gasteiger partial charge in [0.15, 0.2) is 0 Å². The lowest BCUT2D eigenvalue weighted by atomic mass is 9.89. The van der Waals surface area contributed by atoms with Crippen molar-refractivity contribution in [1.82, 2.24) is 0 Å². The van der Waals surface area contributed by atoms with Crippen LogP contribution >= 0.6 is 0 Å². The van der Waals surface area contributed by atoms with Gasteiger partial charge in [0.2, 0.25) is 0 Å². The summed E-state index contributed by atoms with van der Waals surface area (Å²) in [6.07, 6.45) is 0. The molecule has 16 aromatic rings. The van der Waals surface area contributed by atoms with Crippen LogP contribution in [0.2, 0.25) is 0 Å². The maximum Gasteiger partial charge on any atom is 0.143 e. The Kier molecular flexibility index (Phi) is 8.78. The van der Waals surface area contributed by atoms with E-state index in [4.69, 9.17) is 8.83 Å². The molecule has 0 saturated carbocycles. The first kappa shape index (κ1) is 40.9. The van der Waals surface area contributed by atoms with E-state index in [2.05, 4.69) is 249 Å². The summed E-state index contributed by atoms with van der Waals surface area (Å²) >= 11 is 0. The lowest BCUT2D eigenvalue weighted by Crippen LogP contribution is -1.88. The molecule has 0 aliphatic carbocycles. The average molecular weight is 939 g/mol. The number of benzene rings is 14. The van der Waals surface area contributed by atoms with Gasteiger partial charge in [0.05, 0.1) is 0 Å². The molecule has 2 heterocycles. The molecule has 0 fully saturated rings. The number of fused-ring (bicyclic) bond motifs is 18. The molecule has 2 aromatic heterocycles. The summed E-state index contributed by atoms with van der Waals surface area (Å²) in [7, 11) is 0. The highest BCUT2D eigenvalue weighted by Crippen LogP contribution is 2.46. The van der Waals surface area contributed by atoms with Crippen molar-refractivity contribution in [2.24, 2.45) is 0 Å². The Hall–Kier alpha value is -9.76. The summed E-state index contributed by atoms with van der Waals surface area (Å²) in [4.78, 5) is 0. The van der Waals surface area contributed by atoms with Crippen LogP contribution in [-0.2, 0) is 0 Å². The first-order valence-corrected chi connectivity index (χ1v) is 25.5. The monoisotopic (exact) mass is 938 g/mol. The van der Waals surface area contributed by atoms with Crippen molar-refractivity contribution in [3.8, 4) is 55.6 Å². The summed E-state index contributed by atoms with van der Waals surface area (Å²) in [5.74, 6) is 0. The molecule has 342 valence electrons. The highest BCUT2D eigenvalue weighted by Gasteiger charge is 2.20. The topological polar surface area (TPSA) is 26.3 Å². The Morgan fingerprint density at radius 3 is 1.09 bits per heavy atom. The van der Waals surface area contributed by atoms with Gasteiger partial charge in [0.25, 0.3) is 0 Å². The van der Waals surface area contributed by atoms with Crippen LogP contribution in [0.3, 0.4) is 0 Å². The van der Waals surface area contributed by atoms with Crippen LogP contribution in [0.15, 0.2) is 264 Å². The molecule has 14 aromatic carbocycles. The van der Waals surface area contributed by atoms with Gasteiger partial charge < -0.3 is 8.83 Å². The molecule has 0 unspecified atom stereocenters. The van der Waals surface area contributed by atoms with E-state index in [1.165, 1.54) is 75.8 Å². The minimum atomic E-state index is 0.856. The molecule has 0 aliphatic heterocycles. The number of rotatable bonds is 5. The van der Waals surface area contributed by atoms with Crippen molar-refractivity contribution in [3.05, 3.63) is 255 Å². The fourth-order valence-electron chi connectivity index (χ4n) is 12.4. The van der Waals surface area contributed by atoms with Gasteiger partial charge in [-0.1, -0.05) is 206 Å². The highest BCUT2D eigenvalue weighted by molar-refractivity contribution is 6.27. The molecule has 0 atom stereocenters. The van der Waals surface area contributed by atoms with Crippen molar-refractivity contribution < 1.29 is 8.83 Å². The average Bonchev–Trinajstić information content (AvgIpc) is 4.06. The Balaban J connectivity index is 0.870. The van der Waals surface area contributed by atoms with Gasteiger partial charge in [-0.3, -0.25) is 0 Å². The molecule has 0 spiro atoms. The highest BCUT2D eigenvalue weighted by atomic mass is 16.3. The molecule has 0 amide bonds. The number of para-hydroxylation sites is 3. The fraction of sp³-hybridized carbons (Fsp3) is 0. The van der Waals surface area contributed by atoms with E-state index in [1.807, 2.05) is 6.07 Å². The van der Waals surface area contributed by atoms with Crippen LogP contribution in [0.25, 0.3) is 164 Å². The van der Waals surface area contributed by atoms with E-state index < -0.39 is 0 Å². The van der Waals surface area contributed by atoms with E-state index in [0.717, 1.165) is 88.4 Å². The van der Waals surface area contributed by atoms with Crippen LogP contribution < -0.4 is 0 Å². The zero-order valence-electron chi connectivity index (χ0n) is 40.1. The fourth-order valence-corrected chi connectivity index (χ4v) is 12.4.